The fourth-order valence-corrected chi connectivity index (χ4v) is 5.75. The fraction of sp³-hybridized carbons (Fsp3) is 0.400. The second kappa shape index (κ2) is 9.00. The van der Waals surface area contributed by atoms with E-state index in [1.807, 2.05) is 0 Å². The minimum atomic E-state index is 0.0201. The summed E-state index contributed by atoms with van der Waals surface area (Å²) in [5.41, 5.74) is 2.33. The van der Waals surface area contributed by atoms with Crippen LogP contribution in [0.15, 0.2) is 60.7 Å². The molecule has 0 aliphatic carbocycles. The van der Waals surface area contributed by atoms with Gasteiger partial charge in [0.25, 0.3) is 0 Å². The molecule has 1 aliphatic rings. The maximum Gasteiger partial charge on any atom is 0.00820 e. The molecule has 21 heavy (non-hydrogen) atoms. The topological polar surface area (TPSA) is 0 Å². The third kappa shape index (κ3) is 4.68. The number of rotatable bonds is 3. The Morgan fingerprint density at radius 3 is 2.00 bits per heavy atom. The maximum absolute atomic E-state index is 2.31. The van der Waals surface area contributed by atoms with Crippen molar-refractivity contribution < 1.29 is 0 Å². The van der Waals surface area contributed by atoms with Crippen LogP contribution in [0, 0.1) is 0 Å². The van der Waals surface area contributed by atoms with Gasteiger partial charge in [-0.3, -0.25) is 0 Å². The highest BCUT2D eigenvalue weighted by Crippen LogP contribution is 2.58. The van der Waals surface area contributed by atoms with E-state index in [9.17, 15) is 0 Å². The summed E-state index contributed by atoms with van der Waals surface area (Å²) >= 11 is 0. The Kier molecular flexibility index (Phi) is 6.96. The molecule has 0 nitrogen and oxygen atoms in total. The second-order valence-corrected chi connectivity index (χ2v) is 8.12. The molecule has 0 amide bonds. The van der Waals surface area contributed by atoms with E-state index in [1.165, 1.54) is 31.8 Å². The van der Waals surface area contributed by atoms with Crippen molar-refractivity contribution in [2.75, 3.05) is 6.16 Å². The van der Waals surface area contributed by atoms with Crippen LogP contribution < -0.4 is 5.30 Å². The van der Waals surface area contributed by atoms with E-state index >= 15 is 0 Å². The molecule has 0 aromatic heterocycles. The second-order valence-electron chi connectivity index (χ2n) is 5.60. The van der Waals surface area contributed by atoms with Crippen LogP contribution in [0.3, 0.4) is 0 Å². The molecule has 2 aromatic rings. The first kappa shape index (κ1) is 16.2. The fourth-order valence-electron chi connectivity index (χ4n) is 2.72. The monoisotopic (exact) mass is 298 g/mol. The van der Waals surface area contributed by atoms with Gasteiger partial charge < -0.3 is 0 Å². The summed E-state index contributed by atoms with van der Waals surface area (Å²) in [5, 5.41) is 1.58. The predicted octanol–water partition coefficient (Wildman–Crippen LogP) is 6.14. The molecule has 1 aliphatic heterocycles. The SMILES string of the molecule is CCCC.c1ccc(C2CCCP2c2ccccc2)cc1. The van der Waals surface area contributed by atoms with Gasteiger partial charge in [0.15, 0.2) is 0 Å². The number of unbranched alkanes of at least 4 members (excludes halogenated alkanes) is 1. The van der Waals surface area contributed by atoms with Gasteiger partial charge in [0.2, 0.25) is 0 Å². The van der Waals surface area contributed by atoms with Gasteiger partial charge in [0.05, 0.1) is 0 Å². The zero-order chi connectivity index (χ0) is 14.9. The largest absolute Gasteiger partial charge is 0.0677 e. The molecule has 112 valence electrons. The normalized spacial score (nSPS) is 20.7. The lowest BCUT2D eigenvalue weighted by Crippen LogP contribution is -2.04. The number of benzene rings is 2. The Labute approximate surface area is 131 Å². The lowest BCUT2D eigenvalue weighted by Gasteiger charge is -2.21. The smallest absolute Gasteiger partial charge is 0.00820 e. The van der Waals surface area contributed by atoms with E-state index in [2.05, 4.69) is 74.5 Å². The summed E-state index contributed by atoms with van der Waals surface area (Å²) in [6.45, 7) is 4.36. The van der Waals surface area contributed by atoms with Crippen molar-refractivity contribution in [1.29, 1.82) is 0 Å². The van der Waals surface area contributed by atoms with Gasteiger partial charge in [-0.15, -0.1) is 0 Å². The molecule has 1 heterocycles. The van der Waals surface area contributed by atoms with Gasteiger partial charge >= 0.3 is 0 Å². The van der Waals surface area contributed by atoms with Gasteiger partial charge in [0.1, 0.15) is 0 Å². The Balaban J connectivity index is 0.000000361. The van der Waals surface area contributed by atoms with Crippen LogP contribution in [0.5, 0.6) is 0 Å². The van der Waals surface area contributed by atoms with Crippen LogP contribution in [0.25, 0.3) is 0 Å². The maximum atomic E-state index is 2.31. The number of hydrogen-bond acceptors (Lipinski definition) is 0. The van der Waals surface area contributed by atoms with E-state index in [-0.39, 0.29) is 7.92 Å². The van der Waals surface area contributed by atoms with Crippen molar-refractivity contribution in [1.82, 2.24) is 0 Å². The van der Waals surface area contributed by atoms with Crippen LogP contribution in [0.1, 0.15) is 50.8 Å². The molecule has 0 N–H and O–H groups in total. The molecule has 2 atom stereocenters. The first-order valence-electron chi connectivity index (χ1n) is 8.23. The third-order valence-corrected chi connectivity index (χ3v) is 7.09. The lowest BCUT2D eigenvalue weighted by atomic mass is 10.1. The Bertz CT molecular complexity index is 444. The number of hydrogen-bond donors (Lipinski definition) is 0. The van der Waals surface area contributed by atoms with Gasteiger partial charge in [0, 0.05) is 5.66 Å². The summed E-state index contributed by atoms with van der Waals surface area (Å²) < 4.78 is 0. The molecule has 0 saturated carbocycles. The van der Waals surface area contributed by atoms with Gasteiger partial charge in [-0.25, -0.2) is 0 Å². The molecule has 2 unspecified atom stereocenters. The Morgan fingerprint density at radius 1 is 0.857 bits per heavy atom. The summed E-state index contributed by atoms with van der Waals surface area (Å²) in [6, 6.07) is 22.2. The van der Waals surface area contributed by atoms with Crippen molar-refractivity contribution in [3.8, 4) is 0 Å². The van der Waals surface area contributed by atoms with E-state index < -0.39 is 0 Å². The summed E-state index contributed by atoms with van der Waals surface area (Å²) in [4.78, 5) is 0. The van der Waals surface area contributed by atoms with Crippen molar-refractivity contribution in [2.24, 2.45) is 0 Å². The highest BCUT2D eigenvalue weighted by atomic mass is 31.1. The minimum absolute atomic E-state index is 0.0201. The van der Waals surface area contributed by atoms with Gasteiger partial charge in [-0.05, 0) is 29.9 Å². The molecule has 0 spiro atoms. The lowest BCUT2D eigenvalue weighted by molar-refractivity contribution is 0.827. The third-order valence-electron chi connectivity index (χ3n) is 4.02. The molecule has 1 saturated heterocycles. The first-order valence-corrected chi connectivity index (χ1v) is 9.83. The summed E-state index contributed by atoms with van der Waals surface area (Å²) in [5.74, 6) is 0. The molecule has 0 radical (unpaired) electrons. The Hall–Kier alpha value is -1.13. The van der Waals surface area contributed by atoms with E-state index in [4.69, 9.17) is 0 Å². The molecular formula is C20H27P. The van der Waals surface area contributed by atoms with E-state index in [1.54, 1.807) is 10.9 Å². The van der Waals surface area contributed by atoms with Crippen LogP contribution in [0.2, 0.25) is 0 Å². The molecule has 2 aromatic carbocycles. The zero-order valence-electron chi connectivity index (χ0n) is 13.3. The van der Waals surface area contributed by atoms with Crippen LogP contribution in [-0.2, 0) is 0 Å². The Morgan fingerprint density at radius 2 is 1.43 bits per heavy atom. The highest BCUT2D eigenvalue weighted by Gasteiger charge is 2.28. The summed E-state index contributed by atoms with van der Waals surface area (Å²) in [7, 11) is 0.0201. The first-order chi connectivity index (χ1) is 10.4. The van der Waals surface area contributed by atoms with Crippen molar-refractivity contribution in [3.05, 3.63) is 66.2 Å². The molecule has 0 bridgehead atoms. The van der Waals surface area contributed by atoms with Crippen LogP contribution in [0.4, 0.5) is 0 Å². The minimum Gasteiger partial charge on any atom is -0.0677 e. The van der Waals surface area contributed by atoms with Gasteiger partial charge in [-0.2, -0.15) is 0 Å². The van der Waals surface area contributed by atoms with Crippen LogP contribution >= 0.6 is 7.92 Å². The van der Waals surface area contributed by atoms with Crippen molar-refractivity contribution in [2.45, 2.75) is 45.2 Å². The van der Waals surface area contributed by atoms with Crippen LogP contribution in [-0.4, -0.2) is 6.16 Å². The quantitative estimate of drug-likeness (QED) is 0.597. The summed E-state index contributed by atoms with van der Waals surface area (Å²) in [6.07, 6.45) is 6.80. The van der Waals surface area contributed by atoms with Gasteiger partial charge in [-0.1, -0.05) is 95.3 Å². The average Bonchev–Trinajstić information content (AvgIpc) is 3.06. The molecule has 3 rings (SSSR count). The molecule has 1 fully saturated rings. The van der Waals surface area contributed by atoms with E-state index in [0.29, 0.717) is 0 Å². The average molecular weight is 298 g/mol. The van der Waals surface area contributed by atoms with Crippen molar-refractivity contribution in [3.63, 3.8) is 0 Å². The predicted molar refractivity (Wildman–Crippen MR) is 96.9 cm³/mol. The molecule has 1 heteroatoms. The van der Waals surface area contributed by atoms with Crippen molar-refractivity contribution >= 4 is 13.2 Å². The molecular weight excluding hydrogens is 271 g/mol. The van der Waals surface area contributed by atoms with E-state index in [0.717, 1.165) is 5.66 Å². The highest BCUT2D eigenvalue weighted by molar-refractivity contribution is 7.66. The standard InChI is InChI=1S/C16H17P.C4H10/c1-3-8-14(9-4-1)16-12-7-13-17(16)15-10-5-2-6-11-15;1-3-4-2/h1-6,8-11,16H,7,12-13H2;3-4H2,1-2H3. The zero-order valence-corrected chi connectivity index (χ0v) is 14.2.